The minimum absolute atomic E-state index is 0.183. The fourth-order valence-electron chi connectivity index (χ4n) is 0.766. The van der Waals surface area contributed by atoms with Gasteiger partial charge in [0, 0.05) is 18.0 Å². The summed E-state index contributed by atoms with van der Waals surface area (Å²) in [7, 11) is 3.02. The Morgan fingerprint density at radius 2 is 2.36 bits per heavy atom. The van der Waals surface area contributed by atoms with E-state index in [0.29, 0.717) is 0 Å². The van der Waals surface area contributed by atoms with E-state index in [1.165, 1.54) is 18.2 Å². The molecular formula is C9H10BrNO2S. The van der Waals surface area contributed by atoms with Gasteiger partial charge in [-0.1, -0.05) is 0 Å². The van der Waals surface area contributed by atoms with E-state index in [1.54, 1.807) is 24.5 Å². The lowest BCUT2D eigenvalue weighted by molar-refractivity contribution is -0.162. The number of thiophene rings is 1. The van der Waals surface area contributed by atoms with Crippen molar-refractivity contribution in [1.29, 1.82) is 0 Å². The summed E-state index contributed by atoms with van der Waals surface area (Å²) in [4.78, 5) is 17.0. The van der Waals surface area contributed by atoms with Gasteiger partial charge in [0.2, 0.25) is 0 Å². The number of hydroxylamine groups is 2. The molecule has 0 aliphatic carbocycles. The van der Waals surface area contributed by atoms with E-state index in [4.69, 9.17) is 4.84 Å². The smallest absolute Gasteiger partial charge is 0.269 e. The molecule has 0 atom stereocenters. The lowest BCUT2D eigenvalue weighted by Crippen LogP contribution is -2.22. The van der Waals surface area contributed by atoms with Gasteiger partial charge in [0.05, 0.1) is 10.9 Å². The van der Waals surface area contributed by atoms with Crippen molar-refractivity contribution < 1.29 is 9.63 Å². The number of carbonyl (C=O) groups excluding carboxylic acids is 1. The third-order valence-corrected chi connectivity index (χ3v) is 3.16. The summed E-state index contributed by atoms with van der Waals surface area (Å²) in [6.45, 7) is 0. The largest absolute Gasteiger partial charge is 0.274 e. The summed E-state index contributed by atoms with van der Waals surface area (Å²) in [6, 6.07) is 3.88. The Labute approximate surface area is 95.1 Å². The first kappa shape index (κ1) is 11.4. The minimum atomic E-state index is -0.183. The summed E-state index contributed by atoms with van der Waals surface area (Å²) in [5.74, 6) is -0.183. The third kappa shape index (κ3) is 3.25. The van der Waals surface area contributed by atoms with Crippen molar-refractivity contribution in [2.75, 3.05) is 14.2 Å². The molecule has 14 heavy (non-hydrogen) atoms. The monoisotopic (exact) mass is 275 g/mol. The normalized spacial score (nSPS) is 10.8. The van der Waals surface area contributed by atoms with Crippen LogP contribution >= 0.6 is 27.3 Å². The van der Waals surface area contributed by atoms with Crippen molar-refractivity contribution in [2.24, 2.45) is 0 Å². The predicted octanol–water partition coefficient (Wildman–Crippen LogP) is 2.54. The van der Waals surface area contributed by atoms with Crippen LogP contribution in [0.25, 0.3) is 6.08 Å². The standard InChI is InChI=1S/C9H10BrNO2S/c1-11(13-2)9(12)6-4-7-3-5-8(10)14-7/h3-6H,1-2H3. The van der Waals surface area contributed by atoms with Crippen LogP contribution in [0, 0.1) is 0 Å². The first-order valence-corrected chi connectivity index (χ1v) is 5.49. The van der Waals surface area contributed by atoms with Gasteiger partial charge in [-0.2, -0.15) is 0 Å². The molecule has 0 bridgehead atoms. The van der Waals surface area contributed by atoms with Crippen molar-refractivity contribution in [3.05, 3.63) is 26.9 Å². The highest BCUT2D eigenvalue weighted by atomic mass is 79.9. The van der Waals surface area contributed by atoms with Crippen LogP contribution in [0.4, 0.5) is 0 Å². The molecule has 0 N–H and O–H groups in total. The van der Waals surface area contributed by atoms with Crippen LogP contribution in [0.15, 0.2) is 22.0 Å². The third-order valence-electron chi connectivity index (χ3n) is 1.57. The van der Waals surface area contributed by atoms with Gasteiger partial charge in [0.1, 0.15) is 0 Å². The number of hydrogen-bond acceptors (Lipinski definition) is 3. The molecule has 0 aliphatic rings. The van der Waals surface area contributed by atoms with Gasteiger partial charge < -0.3 is 0 Å². The van der Waals surface area contributed by atoms with Crippen molar-refractivity contribution in [2.45, 2.75) is 0 Å². The Morgan fingerprint density at radius 1 is 1.64 bits per heavy atom. The number of carbonyl (C=O) groups is 1. The summed E-state index contributed by atoms with van der Waals surface area (Å²) in [6.07, 6.45) is 3.23. The van der Waals surface area contributed by atoms with Gasteiger partial charge in [-0.3, -0.25) is 9.63 Å². The Morgan fingerprint density at radius 3 is 2.86 bits per heavy atom. The minimum Gasteiger partial charge on any atom is -0.274 e. The van der Waals surface area contributed by atoms with Gasteiger partial charge in [0.25, 0.3) is 5.91 Å². The van der Waals surface area contributed by atoms with Gasteiger partial charge in [-0.25, -0.2) is 5.06 Å². The fourth-order valence-corrected chi connectivity index (χ4v) is 2.09. The molecule has 1 aromatic rings. The molecule has 1 aromatic heterocycles. The Hall–Kier alpha value is -0.650. The van der Waals surface area contributed by atoms with Gasteiger partial charge >= 0.3 is 0 Å². The molecule has 0 spiro atoms. The molecule has 0 aromatic carbocycles. The molecule has 76 valence electrons. The molecule has 0 fully saturated rings. The summed E-state index contributed by atoms with van der Waals surface area (Å²) >= 11 is 4.91. The van der Waals surface area contributed by atoms with E-state index < -0.39 is 0 Å². The van der Waals surface area contributed by atoms with Crippen molar-refractivity contribution >= 4 is 39.2 Å². The number of likely N-dealkylation sites (N-methyl/N-ethyl adjacent to an activating group) is 1. The van der Waals surface area contributed by atoms with Crippen LogP contribution in [-0.4, -0.2) is 25.1 Å². The number of rotatable bonds is 3. The SMILES string of the molecule is CON(C)C(=O)C=Cc1ccc(Br)s1. The number of hydrogen-bond donors (Lipinski definition) is 0. The maximum atomic E-state index is 11.3. The molecule has 1 amide bonds. The number of amides is 1. The number of halogens is 1. The highest BCUT2D eigenvalue weighted by Gasteiger charge is 2.02. The summed E-state index contributed by atoms with van der Waals surface area (Å²) in [5.41, 5.74) is 0. The van der Waals surface area contributed by atoms with Crippen LogP contribution in [-0.2, 0) is 9.63 Å². The van der Waals surface area contributed by atoms with E-state index in [1.807, 2.05) is 12.1 Å². The van der Waals surface area contributed by atoms with Crippen molar-refractivity contribution in [3.63, 3.8) is 0 Å². The maximum absolute atomic E-state index is 11.3. The Balaban J connectivity index is 2.60. The average molecular weight is 276 g/mol. The number of nitrogens with zero attached hydrogens (tertiary/aromatic N) is 1. The summed E-state index contributed by atoms with van der Waals surface area (Å²) < 4.78 is 1.05. The fraction of sp³-hybridized carbons (Fsp3) is 0.222. The van der Waals surface area contributed by atoms with Crippen molar-refractivity contribution in [1.82, 2.24) is 5.06 Å². The molecule has 1 heterocycles. The molecular weight excluding hydrogens is 266 g/mol. The highest BCUT2D eigenvalue weighted by molar-refractivity contribution is 9.11. The topological polar surface area (TPSA) is 29.5 Å². The second kappa shape index (κ2) is 5.29. The van der Waals surface area contributed by atoms with Crippen LogP contribution in [0.3, 0.4) is 0 Å². The van der Waals surface area contributed by atoms with E-state index in [0.717, 1.165) is 8.66 Å². The second-order valence-corrected chi connectivity index (χ2v) is 4.99. The molecule has 3 nitrogen and oxygen atoms in total. The zero-order valence-corrected chi connectivity index (χ0v) is 10.3. The van der Waals surface area contributed by atoms with E-state index >= 15 is 0 Å². The van der Waals surface area contributed by atoms with Crippen molar-refractivity contribution in [3.8, 4) is 0 Å². The lowest BCUT2D eigenvalue weighted by atomic mass is 10.4. The quantitative estimate of drug-likeness (QED) is 0.627. The molecule has 1 rings (SSSR count). The molecule has 5 heteroatoms. The summed E-state index contributed by atoms with van der Waals surface area (Å²) in [5, 5.41) is 1.17. The average Bonchev–Trinajstić information content (AvgIpc) is 2.59. The Bertz CT molecular complexity index is 348. The first-order chi connectivity index (χ1) is 6.63. The first-order valence-electron chi connectivity index (χ1n) is 3.88. The molecule has 0 radical (unpaired) electrons. The molecule has 0 unspecified atom stereocenters. The van der Waals surface area contributed by atoms with Gasteiger partial charge in [0.15, 0.2) is 0 Å². The molecule has 0 saturated heterocycles. The van der Waals surface area contributed by atoms with E-state index in [-0.39, 0.29) is 5.91 Å². The van der Waals surface area contributed by atoms with Crippen LogP contribution in [0.5, 0.6) is 0 Å². The lowest BCUT2D eigenvalue weighted by Gasteiger charge is -2.09. The second-order valence-electron chi connectivity index (χ2n) is 2.49. The maximum Gasteiger partial charge on any atom is 0.269 e. The van der Waals surface area contributed by atoms with E-state index in [2.05, 4.69) is 15.9 Å². The van der Waals surface area contributed by atoms with Crippen LogP contribution in [0.2, 0.25) is 0 Å². The molecule has 0 saturated carbocycles. The van der Waals surface area contributed by atoms with Crippen LogP contribution < -0.4 is 0 Å². The highest BCUT2D eigenvalue weighted by Crippen LogP contribution is 2.22. The Kier molecular flexibility index (Phi) is 4.31. The van der Waals surface area contributed by atoms with E-state index in [9.17, 15) is 4.79 Å². The molecule has 0 aliphatic heterocycles. The van der Waals surface area contributed by atoms with Gasteiger partial charge in [-0.15, -0.1) is 11.3 Å². The predicted molar refractivity (Wildman–Crippen MR) is 60.8 cm³/mol. The zero-order valence-electron chi connectivity index (χ0n) is 7.86. The van der Waals surface area contributed by atoms with Gasteiger partial charge in [-0.05, 0) is 34.1 Å². The zero-order chi connectivity index (χ0) is 10.6. The van der Waals surface area contributed by atoms with Crippen LogP contribution in [0.1, 0.15) is 4.88 Å².